The van der Waals surface area contributed by atoms with Crippen LogP contribution in [0.2, 0.25) is 0 Å². The minimum Gasteiger partial charge on any atom is -0.480 e. The van der Waals surface area contributed by atoms with Crippen molar-refractivity contribution in [1.29, 1.82) is 0 Å². The Morgan fingerprint density at radius 3 is 2.54 bits per heavy atom. The van der Waals surface area contributed by atoms with Crippen LogP contribution in [0.4, 0.5) is 0 Å². The summed E-state index contributed by atoms with van der Waals surface area (Å²) in [5.74, 6) is 0.0678. The van der Waals surface area contributed by atoms with E-state index in [1.54, 1.807) is 23.7 Å². The maximum atomic E-state index is 10.8. The van der Waals surface area contributed by atoms with E-state index in [0.29, 0.717) is 0 Å². The molecule has 0 heterocycles. The molecule has 0 rings (SSSR count). The molecule has 0 amide bonds. The third-order valence-electron chi connectivity index (χ3n) is 2.10. The molecule has 4 nitrogen and oxygen atoms in total. The van der Waals surface area contributed by atoms with Gasteiger partial charge in [-0.3, -0.25) is 9.69 Å². The Hall–Kier alpha value is -0.260. The fourth-order valence-electron chi connectivity index (χ4n) is 1.11. The fraction of sp³-hybridized carbons (Fsp3) is 0.875. The highest BCUT2D eigenvalue weighted by molar-refractivity contribution is 7.98. The Balaban J connectivity index is 4.18. The number of hydrogen-bond donors (Lipinski definition) is 2. The minimum absolute atomic E-state index is 0.157. The number of hydrogen-bond acceptors (Lipinski definition) is 4. The van der Waals surface area contributed by atoms with E-state index in [4.69, 9.17) is 10.8 Å². The van der Waals surface area contributed by atoms with Crippen molar-refractivity contribution in [2.24, 2.45) is 5.73 Å². The predicted octanol–water partition coefficient (Wildman–Crippen LogP) is 0.0816. The van der Waals surface area contributed by atoms with Gasteiger partial charge in [-0.15, -0.1) is 0 Å². The molecular weight excluding hydrogens is 188 g/mol. The van der Waals surface area contributed by atoms with Crippen LogP contribution in [-0.4, -0.2) is 53.7 Å². The number of carboxylic acid groups (broad SMARTS) is 1. The summed E-state index contributed by atoms with van der Waals surface area (Å²) in [5, 5.41) is 8.83. The molecule has 0 bridgehead atoms. The molecule has 0 aromatic rings. The van der Waals surface area contributed by atoms with Gasteiger partial charge in [0.1, 0.15) is 6.04 Å². The lowest BCUT2D eigenvalue weighted by molar-refractivity contribution is -0.142. The van der Waals surface area contributed by atoms with Gasteiger partial charge in [-0.25, -0.2) is 0 Å². The van der Waals surface area contributed by atoms with Crippen molar-refractivity contribution in [3.63, 3.8) is 0 Å². The van der Waals surface area contributed by atoms with E-state index in [-0.39, 0.29) is 12.6 Å². The van der Waals surface area contributed by atoms with E-state index < -0.39 is 12.0 Å². The second kappa shape index (κ2) is 6.23. The fourth-order valence-corrected chi connectivity index (χ4v) is 1.82. The molecule has 0 spiro atoms. The van der Waals surface area contributed by atoms with Gasteiger partial charge in [-0.1, -0.05) is 0 Å². The molecule has 0 aliphatic rings. The van der Waals surface area contributed by atoms with Crippen LogP contribution in [0.1, 0.15) is 6.92 Å². The first-order chi connectivity index (χ1) is 6.04. The molecule has 13 heavy (non-hydrogen) atoms. The number of carboxylic acids is 1. The van der Waals surface area contributed by atoms with Crippen molar-refractivity contribution in [3.05, 3.63) is 0 Å². The van der Waals surface area contributed by atoms with Crippen molar-refractivity contribution in [2.45, 2.75) is 19.0 Å². The molecule has 0 saturated heterocycles. The SMILES string of the molecule is CSCC(C)N(C)C(CN)C(=O)O. The highest BCUT2D eigenvalue weighted by atomic mass is 32.2. The molecule has 0 radical (unpaired) electrons. The molecule has 0 aliphatic carbocycles. The Labute approximate surface area is 83.5 Å². The van der Waals surface area contributed by atoms with Crippen LogP contribution >= 0.6 is 11.8 Å². The van der Waals surface area contributed by atoms with Crippen LogP contribution in [0.5, 0.6) is 0 Å². The largest absolute Gasteiger partial charge is 0.480 e. The Morgan fingerprint density at radius 1 is 1.69 bits per heavy atom. The van der Waals surface area contributed by atoms with E-state index in [1.165, 1.54) is 0 Å². The van der Waals surface area contributed by atoms with Gasteiger partial charge in [-0.2, -0.15) is 11.8 Å². The normalized spacial score (nSPS) is 15.8. The zero-order valence-electron chi connectivity index (χ0n) is 8.36. The van der Waals surface area contributed by atoms with Gasteiger partial charge in [0.15, 0.2) is 0 Å². The smallest absolute Gasteiger partial charge is 0.322 e. The average molecular weight is 206 g/mol. The van der Waals surface area contributed by atoms with Crippen LogP contribution in [-0.2, 0) is 4.79 Å². The molecular formula is C8H18N2O2S. The third-order valence-corrected chi connectivity index (χ3v) is 2.92. The van der Waals surface area contributed by atoms with E-state index in [9.17, 15) is 4.79 Å². The summed E-state index contributed by atoms with van der Waals surface area (Å²) in [6, 6.07) is -0.332. The molecule has 0 fully saturated rings. The van der Waals surface area contributed by atoms with E-state index in [1.807, 2.05) is 13.2 Å². The number of thioether (sulfide) groups is 1. The first-order valence-electron chi connectivity index (χ1n) is 4.18. The van der Waals surface area contributed by atoms with Crippen molar-refractivity contribution < 1.29 is 9.90 Å². The van der Waals surface area contributed by atoms with Gasteiger partial charge in [0, 0.05) is 18.3 Å². The van der Waals surface area contributed by atoms with Gasteiger partial charge >= 0.3 is 5.97 Å². The molecule has 0 aromatic heterocycles. The third kappa shape index (κ3) is 3.97. The standard InChI is InChI=1S/C8H18N2O2S/c1-6(5-13-3)10(2)7(4-9)8(11)12/h6-7H,4-5,9H2,1-3H3,(H,11,12). The van der Waals surface area contributed by atoms with Crippen LogP contribution in [0, 0.1) is 0 Å². The maximum absolute atomic E-state index is 10.8. The maximum Gasteiger partial charge on any atom is 0.322 e. The van der Waals surface area contributed by atoms with Crippen LogP contribution in [0.25, 0.3) is 0 Å². The van der Waals surface area contributed by atoms with Crippen molar-refractivity contribution in [2.75, 3.05) is 25.6 Å². The number of nitrogens with two attached hydrogens (primary N) is 1. The zero-order chi connectivity index (χ0) is 10.4. The second-order valence-electron chi connectivity index (χ2n) is 3.06. The minimum atomic E-state index is -0.849. The molecule has 5 heteroatoms. The Morgan fingerprint density at radius 2 is 2.23 bits per heavy atom. The number of aliphatic carboxylic acids is 1. The summed E-state index contributed by atoms with van der Waals surface area (Å²) in [4.78, 5) is 12.6. The molecule has 0 aromatic carbocycles. The summed E-state index contributed by atoms with van der Waals surface area (Å²) in [5.41, 5.74) is 5.38. The molecule has 2 unspecified atom stereocenters. The molecule has 0 aliphatic heterocycles. The summed E-state index contributed by atoms with van der Waals surface area (Å²) in [6.07, 6.45) is 2.00. The highest BCUT2D eigenvalue weighted by Crippen LogP contribution is 2.07. The average Bonchev–Trinajstić information content (AvgIpc) is 2.05. The van der Waals surface area contributed by atoms with E-state index >= 15 is 0 Å². The predicted molar refractivity (Wildman–Crippen MR) is 56.1 cm³/mol. The van der Waals surface area contributed by atoms with Crippen LogP contribution in [0.15, 0.2) is 0 Å². The lowest BCUT2D eigenvalue weighted by Crippen LogP contribution is -2.48. The highest BCUT2D eigenvalue weighted by Gasteiger charge is 2.24. The van der Waals surface area contributed by atoms with Crippen LogP contribution < -0.4 is 5.73 Å². The lowest BCUT2D eigenvalue weighted by Gasteiger charge is -2.29. The number of carbonyl (C=O) groups is 1. The molecule has 2 atom stereocenters. The lowest BCUT2D eigenvalue weighted by atomic mass is 10.2. The molecule has 78 valence electrons. The monoisotopic (exact) mass is 206 g/mol. The van der Waals surface area contributed by atoms with E-state index in [0.717, 1.165) is 5.75 Å². The quantitative estimate of drug-likeness (QED) is 0.644. The Kier molecular flexibility index (Phi) is 6.11. The van der Waals surface area contributed by atoms with Gasteiger partial charge < -0.3 is 10.8 Å². The van der Waals surface area contributed by atoms with Crippen LogP contribution in [0.3, 0.4) is 0 Å². The second-order valence-corrected chi connectivity index (χ2v) is 3.97. The summed E-state index contributed by atoms with van der Waals surface area (Å²) in [6.45, 7) is 2.16. The Bertz CT molecular complexity index is 166. The number of likely N-dealkylation sites (N-methyl/N-ethyl adjacent to an activating group) is 1. The first-order valence-corrected chi connectivity index (χ1v) is 5.57. The summed E-state index contributed by atoms with van der Waals surface area (Å²) < 4.78 is 0. The van der Waals surface area contributed by atoms with Gasteiger partial charge in [-0.05, 0) is 20.2 Å². The zero-order valence-corrected chi connectivity index (χ0v) is 9.17. The van der Waals surface area contributed by atoms with Crippen molar-refractivity contribution in [3.8, 4) is 0 Å². The van der Waals surface area contributed by atoms with Gasteiger partial charge in [0.25, 0.3) is 0 Å². The first kappa shape index (κ1) is 12.7. The van der Waals surface area contributed by atoms with Crippen molar-refractivity contribution in [1.82, 2.24) is 4.90 Å². The van der Waals surface area contributed by atoms with Crippen molar-refractivity contribution >= 4 is 17.7 Å². The van der Waals surface area contributed by atoms with Gasteiger partial charge in [0.05, 0.1) is 0 Å². The topological polar surface area (TPSA) is 66.6 Å². The summed E-state index contributed by atoms with van der Waals surface area (Å²) in [7, 11) is 1.80. The van der Waals surface area contributed by atoms with Gasteiger partial charge in [0.2, 0.25) is 0 Å². The molecule has 3 N–H and O–H groups in total. The number of nitrogens with zero attached hydrogens (tertiary/aromatic N) is 1. The summed E-state index contributed by atoms with van der Waals surface area (Å²) >= 11 is 1.70. The number of rotatable bonds is 6. The van der Waals surface area contributed by atoms with E-state index in [2.05, 4.69) is 0 Å². The molecule has 0 saturated carbocycles.